The highest BCUT2D eigenvalue weighted by atomic mass is 35.5. The van der Waals surface area contributed by atoms with Gasteiger partial charge in [-0.05, 0) is 60.7 Å². The van der Waals surface area contributed by atoms with Crippen molar-refractivity contribution in [2.75, 3.05) is 6.54 Å². The van der Waals surface area contributed by atoms with Crippen molar-refractivity contribution in [3.05, 3.63) is 77.3 Å². The summed E-state index contributed by atoms with van der Waals surface area (Å²) in [5.74, 6) is 1.63. The van der Waals surface area contributed by atoms with E-state index in [1.54, 1.807) is 0 Å². The summed E-state index contributed by atoms with van der Waals surface area (Å²) in [6.45, 7) is 8.57. The minimum Gasteiger partial charge on any atom is -0.489 e. The van der Waals surface area contributed by atoms with Crippen molar-refractivity contribution in [3.8, 4) is 5.75 Å². The van der Waals surface area contributed by atoms with E-state index < -0.39 is 0 Å². The second kappa shape index (κ2) is 11.0. The first-order valence-electron chi connectivity index (χ1n) is 8.99. The highest BCUT2D eigenvalue weighted by Gasteiger charge is 2.03. The number of nitrogens with one attached hydrogen (secondary N) is 1. The van der Waals surface area contributed by atoms with Crippen LogP contribution in [0.5, 0.6) is 5.75 Å². The van der Waals surface area contributed by atoms with Gasteiger partial charge in [-0.3, -0.25) is 0 Å². The number of hydrogen-bond donors (Lipinski definition) is 1. The van der Waals surface area contributed by atoms with Gasteiger partial charge in [0.05, 0.1) is 0 Å². The van der Waals surface area contributed by atoms with Crippen LogP contribution in [-0.2, 0) is 13.2 Å². The molecule has 134 valence electrons. The molecule has 2 aromatic carbocycles. The largest absolute Gasteiger partial charge is 0.489 e. The Morgan fingerprint density at radius 2 is 1.76 bits per heavy atom. The van der Waals surface area contributed by atoms with Crippen LogP contribution in [0.4, 0.5) is 0 Å². The summed E-state index contributed by atoms with van der Waals surface area (Å²) in [5, 5.41) is 4.27. The zero-order valence-corrected chi connectivity index (χ0v) is 15.8. The number of rotatable bonds is 11. The molecule has 0 aromatic heterocycles. The molecule has 0 aliphatic heterocycles. The van der Waals surface area contributed by atoms with Crippen LogP contribution in [0.3, 0.4) is 0 Å². The maximum Gasteiger partial charge on any atom is 0.119 e. The van der Waals surface area contributed by atoms with E-state index in [9.17, 15) is 0 Å². The zero-order valence-electron chi connectivity index (χ0n) is 15.0. The summed E-state index contributed by atoms with van der Waals surface area (Å²) < 4.78 is 5.81. The fourth-order valence-corrected chi connectivity index (χ4v) is 2.84. The first kappa shape index (κ1) is 19.6. The molecule has 1 N–H and O–H groups in total. The van der Waals surface area contributed by atoms with Crippen molar-refractivity contribution in [2.45, 2.75) is 39.3 Å². The Morgan fingerprint density at radius 1 is 1.08 bits per heavy atom. The van der Waals surface area contributed by atoms with Crippen LogP contribution < -0.4 is 10.1 Å². The van der Waals surface area contributed by atoms with E-state index in [-0.39, 0.29) is 0 Å². The predicted molar refractivity (Wildman–Crippen MR) is 107 cm³/mol. The Balaban J connectivity index is 1.70. The third-order valence-corrected chi connectivity index (χ3v) is 4.63. The van der Waals surface area contributed by atoms with E-state index in [1.165, 1.54) is 18.4 Å². The van der Waals surface area contributed by atoms with Gasteiger partial charge >= 0.3 is 0 Å². The van der Waals surface area contributed by atoms with Gasteiger partial charge in [-0.25, -0.2) is 0 Å². The van der Waals surface area contributed by atoms with Crippen LogP contribution >= 0.6 is 11.6 Å². The number of allylic oxidation sites excluding steroid dienone is 1. The monoisotopic (exact) mass is 357 g/mol. The van der Waals surface area contributed by atoms with Crippen molar-refractivity contribution in [3.63, 3.8) is 0 Å². The van der Waals surface area contributed by atoms with Gasteiger partial charge in [0.2, 0.25) is 0 Å². The summed E-state index contributed by atoms with van der Waals surface area (Å²) in [4.78, 5) is 0. The molecule has 0 spiro atoms. The second-order valence-corrected chi connectivity index (χ2v) is 6.76. The molecule has 0 fully saturated rings. The maximum absolute atomic E-state index is 5.89. The Kier molecular flexibility index (Phi) is 8.58. The molecule has 0 heterocycles. The van der Waals surface area contributed by atoms with E-state index in [2.05, 4.69) is 31.0 Å². The van der Waals surface area contributed by atoms with Crippen molar-refractivity contribution in [1.29, 1.82) is 0 Å². The van der Waals surface area contributed by atoms with E-state index in [1.807, 2.05) is 42.5 Å². The van der Waals surface area contributed by atoms with Crippen molar-refractivity contribution in [2.24, 2.45) is 5.92 Å². The van der Waals surface area contributed by atoms with Gasteiger partial charge in [-0.2, -0.15) is 0 Å². The minimum absolute atomic E-state index is 0.552. The topological polar surface area (TPSA) is 21.3 Å². The molecule has 2 nitrogen and oxygen atoms in total. The molecule has 0 saturated heterocycles. The van der Waals surface area contributed by atoms with Crippen LogP contribution in [0.15, 0.2) is 61.2 Å². The number of hydrogen-bond acceptors (Lipinski definition) is 2. The molecular weight excluding hydrogens is 330 g/mol. The van der Waals surface area contributed by atoms with Gasteiger partial charge in [-0.1, -0.05) is 55.3 Å². The van der Waals surface area contributed by atoms with Crippen LogP contribution in [0.1, 0.15) is 37.3 Å². The minimum atomic E-state index is 0.552. The smallest absolute Gasteiger partial charge is 0.119 e. The maximum atomic E-state index is 5.89. The van der Waals surface area contributed by atoms with Crippen LogP contribution in [0.25, 0.3) is 0 Å². The summed E-state index contributed by atoms with van der Waals surface area (Å²) >= 11 is 5.89. The lowest BCUT2D eigenvalue weighted by Gasteiger charge is -2.13. The average molecular weight is 358 g/mol. The average Bonchev–Trinajstić information content (AvgIpc) is 2.65. The lowest BCUT2D eigenvalue weighted by molar-refractivity contribution is 0.306. The Bertz CT molecular complexity index is 621. The molecule has 0 bridgehead atoms. The SMILES string of the molecule is C=CCC(CC)CCNCc1ccc(OCc2ccc(Cl)cc2)cc1. The molecule has 1 atom stereocenters. The third kappa shape index (κ3) is 7.33. The van der Waals surface area contributed by atoms with Gasteiger partial charge in [0.25, 0.3) is 0 Å². The summed E-state index contributed by atoms with van der Waals surface area (Å²) in [5.41, 5.74) is 2.38. The first-order chi connectivity index (χ1) is 12.2. The van der Waals surface area contributed by atoms with Crippen molar-refractivity contribution in [1.82, 2.24) is 5.32 Å². The first-order valence-corrected chi connectivity index (χ1v) is 9.37. The number of ether oxygens (including phenoxy) is 1. The number of benzene rings is 2. The normalized spacial score (nSPS) is 11.9. The summed E-state index contributed by atoms with van der Waals surface area (Å²) in [7, 11) is 0. The molecular formula is C22H28ClNO. The van der Waals surface area contributed by atoms with Gasteiger partial charge in [-0.15, -0.1) is 6.58 Å². The molecule has 2 aromatic rings. The molecule has 3 heteroatoms. The fourth-order valence-electron chi connectivity index (χ4n) is 2.71. The molecule has 0 amide bonds. The Hall–Kier alpha value is -1.77. The van der Waals surface area contributed by atoms with Crippen LogP contribution in [0, 0.1) is 5.92 Å². The Morgan fingerprint density at radius 3 is 2.40 bits per heavy atom. The summed E-state index contributed by atoms with van der Waals surface area (Å²) in [6.07, 6.45) is 5.55. The van der Waals surface area contributed by atoms with E-state index in [0.29, 0.717) is 6.61 Å². The zero-order chi connectivity index (χ0) is 17.9. The van der Waals surface area contributed by atoms with Gasteiger partial charge in [0, 0.05) is 11.6 Å². The molecule has 2 rings (SSSR count). The van der Waals surface area contributed by atoms with Gasteiger partial charge < -0.3 is 10.1 Å². The van der Waals surface area contributed by atoms with Crippen molar-refractivity contribution >= 4 is 11.6 Å². The molecule has 0 saturated carbocycles. The third-order valence-electron chi connectivity index (χ3n) is 4.38. The molecule has 0 radical (unpaired) electrons. The highest BCUT2D eigenvalue weighted by Crippen LogP contribution is 2.16. The number of halogens is 1. The predicted octanol–water partition coefficient (Wildman–Crippen LogP) is 6.00. The summed E-state index contributed by atoms with van der Waals surface area (Å²) in [6, 6.07) is 16.0. The van der Waals surface area contributed by atoms with Crippen molar-refractivity contribution < 1.29 is 4.74 Å². The lowest BCUT2D eigenvalue weighted by atomic mass is 9.98. The van der Waals surface area contributed by atoms with Crippen LogP contribution in [0.2, 0.25) is 5.02 Å². The lowest BCUT2D eigenvalue weighted by Crippen LogP contribution is -2.17. The molecule has 0 aliphatic carbocycles. The highest BCUT2D eigenvalue weighted by molar-refractivity contribution is 6.30. The molecule has 0 aliphatic rings. The fraction of sp³-hybridized carbons (Fsp3) is 0.364. The Labute approximate surface area is 156 Å². The van der Waals surface area contributed by atoms with E-state index >= 15 is 0 Å². The van der Waals surface area contributed by atoms with Crippen LogP contribution in [-0.4, -0.2) is 6.54 Å². The van der Waals surface area contributed by atoms with Gasteiger partial charge in [0.15, 0.2) is 0 Å². The second-order valence-electron chi connectivity index (χ2n) is 6.32. The molecule has 1 unspecified atom stereocenters. The van der Waals surface area contributed by atoms with E-state index in [4.69, 9.17) is 16.3 Å². The van der Waals surface area contributed by atoms with Gasteiger partial charge in [0.1, 0.15) is 12.4 Å². The standard InChI is InChI=1S/C22H28ClNO/c1-3-5-18(4-2)14-15-24-16-19-8-12-22(13-9-19)25-17-20-6-10-21(23)11-7-20/h3,6-13,18,24H,1,4-5,14-17H2,2H3. The van der Waals surface area contributed by atoms with E-state index in [0.717, 1.165) is 41.8 Å². The molecule has 25 heavy (non-hydrogen) atoms. The quantitative estimate of drug-likeness (QED) is 0.393.